The van der Waals surface area contributed by atoms with Gasteiger partial charge >= 0.3 is 0 Å². The van der Waals surface area contributed by atoms with E-state index in [1.54, 1.807) is 0 Å². The number of benzene rings is 1. The van der Waals surface area contributed by atoms with Gasteiger partial charge in [-0.05, 0) is 30.5 Å². The van der Waals surface area contributed by atoms with E-state index in [1.807, 2.05) is 31.2 Å². The van der Waals surface area contributed by atoms with Crippen molar-refractivity contribution in [1.82, 2.24) is 0 Å². The highest BCUT2D eigenvalue weighted by molar-refractivity contribution is 5.28. The van der Waals surface area contributed by atoms with Gasteiger partial charge in [0.2, 0.25) is 0 Å². The largest absolute Gasteiger partial charge is 0.493 e. The predicted molar refractivity (Wildman–Crippen MR) is 68.6 cm³/mol. The van der Waals surface area contributed by atoms with Gasteiger partial charge in [0.05, 0.1) is 6.61 Å². The van der Waals surface area contributed by atoms with Crippen molar-refractivity contribution in [3.63, 3.8) is 0 Å². The first-order valence-corrected chi connectivity index (χ1v) is 6.15. The second kappa shape index (κ2) is 6.54. The molecule has 0 saturated carbocycles. The standard InChI is InChI=1S/C14H23NO/c1-4-12(5-2)10-16-14-8-6-13(7-9-14)11(3)15/h6-9,11-12H,4-5,10,15H2,1-3H3. The van der Waals surface area contributed by atoms with E-state index in [0.717, 1.165) is 17.9 Å². The normalized spacial score (nSPS) is 12.8. The number of ether oxygens (including phenoxy) is 1. The van der Waals surface area contributed by atoms with Crippen LogP contribution in [0.2, 0.25) is 0 Å². The van der Waals surface area contributed by atoms with Crippen LogP contribution >= 0.6 is 0 Å². The molecule has 0 heterocycles. The quantitative estimate of drug-likeness (QED) is 0.797. The lowest BCUT2D eigenvalue weighted by Crippen LogP contribution is -2.10. The van der Waals surface area contributed by atoms with Gasteiger partial charge in [0.15, 0.2) is 0 Å². The zero-order valence-electron chi connectivity index (χ0n) is 10.6. The molecule has 0 amide bonds. The molecule has 1 aromatic rings. The van der Waals surface area contributed by atoms with Crippen LogP contribution in [-0.4, -0.2) is 6.61 Å². The van der Waals surface area contributed by atoms with Crippen LogP contribution in [0.4, 0.5) is 0 Å². The Morgan fingerprint density at radius 2 is 1.69 bits per heavy atom. The fourth-order valence-electron chi connectivity index (χ4n) is 1.61. The molecule has 1 aromatic carbocycles. The minimum Gasteiger partial charge on any atom is -0.493 e. The average molecular weight is 221 g/mol. The maximum absolute atomic E-state index is 5.79. The predicted octanol–water partition coefficient (Wildman–Crippen LogP) is 3.52. The van der Waals surface area contributed by atoms with Crippen molar-refractivity contribution < 1.29 is 4.74 Å². The maximum Gasteiger partial charge on any atom is 0.119 e. The topological polar surface area (TPSA) is 35.2 Å². The first kappa shape index (κ1) is 13.0. The minimum absolute atomic E-state index is 0.0908. The zero-order chi connectivity index (χ0) is 12.0. The van der Waals surface area contributed by atoms with Gasteiger partial charge in [-0.2, -0.15) is 0 Å². The Balaban J connectivity index is 2.49. The van der Waals surface area contributed by atoms with Gasteiger partial charge in [-0.3, -0.25) is 0 Å². The molecular weight excluding hydrogens is 198 g/mol. The van der Waals surface area contributed by atoms with E-state index in [4.69, 9.17) is 10.5 Å². The Morgan fingerprint density at radius 3 is 2.12 bits per heavy atom. The monoisotopic (exact) mass is 221 g/mol. The SMILES string of the molecule is CCC(CC)COc1ccc(C(C)N)cc1. The fraction of sp³-hybridized carbons (Fsp3) is 0.571. The van der Waals surface area contributed by atoms with E-state index >= 15 is 0 Å². The van der Waals surface area contributed by atoms with Crippen LogP contribution in [0.15, 0.2) is 24.3 Å². The smallest absolute Gasteiger partial charge is 0.119 e. The molecule has 0 fully saturated rings. The number of nitrogens with two attached hydrogens (primary N) is 1. The molecule has 0 aromatic heterocycles. The van der Waals surface area contributed by atoms with Gasteiger partial charge in [0, 0.05) is 6.04 Å². The van der Waals surface area contributed by atoms with Crippen LogP contribution in [-0.2, 0) is 0 Å². The summed E-state index contributed by atoms with van der Waals surface area (Å²) in [6.45, 7) is 7.21. The maximum atomic E-state index is 5.79. The molecule has 1 rings (SSSR count). The third-order valence-corrected chi connectivity index (χ3v) is 3.05. The molecule has 2 N–H and O–H groups in total. The Hall–Kier alpha value is -1.02. The molecular formula is C14H23NO. The van der Waals surface area contributed by atoms with Crippen molar-refractivity contribution in [1.29, 1.82) is 0 Å². The molecule has 0 radical (unpaired) electrons. The van der Waals surface area contributed by atoms with Crippen LogP contribution < -0.4 is 10.5 Å². The summed E-state index contributed by atoms with van der Waals surface area (Å²) in [5, 5.41) is 0. The lowest BCUT2D eigenvalue weighted by molar-refractivity contribution is 0.240. The molecule has 16 heavy (non-hydrogen) atoms. The van der Waals surface area contributed by atoms with E-state index in [2.05, 4.69) is 13.8 Å². The second-order valence-electron chi connectivity index (χ2n) is 4.35. The first-order valence-electron chi connectivity index (χ1n) is 6.15. The van der Waals surface area contributed by atoms with Crippen molar-refractivity contribution in [2.75, 3.05) is 6.61 Å². The van der Waals surface area contributed by atoms with Crippen LogP contribution in [0.25, 0.3) is 0 Å². The summed E-state index contributed by atoms with van der Waals surface area (Å²) in [5.74, 6) is 1.60. The second-order valence-corrected chi connectivity index (χ2v) is 4.35. The minimum atomic E-state index is 0.0908. The van der Waals surface area contributed by atoms with Crippen molar-refractivity contribution >= 4 is 0 Å². The Kier molecular flexibility index (Phi) is 5.33. The third kappa shape index (κ3) is 3.86. The summed E-state index contributed by atoms with van der Waals surface area (Å²) in [5.41, 5.74) is 6.94. The number of hydrogen-bond donors (Lipinski definition) is 1. The van der Waals surface area contributed by atoms with Crippen LogP contribution in [0, 0.1) is 5.92 Å². The molecule has 1 atom stereocenters. The lowest BCUT2D eigenvalue weighted by atomic mass is 10.1. The summed E-state index contributed by atoms with van der Waals surface area (Å²) in [6, 6.07) is 8.16. The van der Waals surface area contributed by atoms with Crippen LogP contribution in [0.5, 0.6) is 5.75 Å². The Bertz CT molecular complexity index is 288. The highest BCUT2D eigenvalue weighted by Gasteiger charge is 2.04. The summed E-state index contributed by atoms with van der Waals surface area (Å²) in [4.78, 5) is 0. The average Bonchev–Trinajstić information content (AvgIpc) is 2.31. The van der Waals surface area contributed by atoms with Crippen molar-refractivity contribution in [2.24, 2.45) is 11.7 Å². The molecule has 0 bridgehead atoms. The Morgan fingerprint density at radius 1 is 1.12 bits per heavy atom. The molecule has 0 aliphatic rings. The molecule has 0 aliphatic heterocycles. The van der Waals surface area contributed by atoms with Crippen molar-refractivity contribution in [3.05, 3.63) is 29.8 Å². The highest BCUT2D eigenvalue weighted by Crippen LogP contribution is 2.17. The van der Waals surface area contributed by atoms with Gasteiger partial charge in [-0.1, -0.05) is 38.8 Å². The van der Waals surface area contributed by atoms with Gasteiger partial charge in [0.25, 0.3) is 0 Å². The van der Waals surface area contributed by atoms with E-state index in [0.29, 0.717) is 5.92 Å². The molecule has 0 aliphatic carbocycles. The van der Waals surface area contributed by atoms with E-state index < -0.39 is 0 Å². The summed E-state index contributed by atoms with van der Waals surface area (Å²) >= 11 is 0. The lowest BCUT2D eigenvalue weighted by Gasteiger charge is -2.14. The van der Waals surface area contributed by atoms with Crippen molar-refractivity contribution in [3.8, 4) is 5.75 Å². The van der Waals surface area contributed by atoms with Gasteiger partial charge in [-0.15, -0.1) is 0 Å². The molecule has 1 unspecified atom stereocenters. The van der Waals surface area contributed by atoms with E-state index in [1.165, 1.54) is 12.8 Å². The van der Waals surface area contributed by atoms with Crippen LogP contribution in [0.1, 0.15) is 45.2 Å². The van der Waals surface area contributed by atoms with Crippen LogP contribution in [0.3, 0.4) is 0 Å². The zero-order valence-corrected chi connectivity index (χ0v) is 10.6. The van der Waals surface area contributed by atoms with Gasteiger partial charge in [-0.25, -0.2) is 0 Å². The van der Waals surface area contributed by atoms with E-state index in [9.17, 15) is 0 Å². The Labute approximate surface area is 98.8 Å². The molecule has 2 heteroatoms. The fourth-order valence-corrected chi connectivity index (χ4v) is 1.61. The molecule has 0 saturated heterocycles. The van der Waals surface area contributed by atoms with Gasteiger partial charge < -0.3 is 10.5 Å². The third-order valence-electron chi connectivity index (χ3n) is 3.05. The van der Waals surface area contributed by atoms with Gasteiger partial charge in [0.1, 0.15) is 5.75 Å². The molecule has 0 spiro atoms. The summed E-state index contributed by atoms with van der Waals surface area (Å²) in [7, 11) is 0. The number of rotatable bonds is 6. The first-order chi connectivity index (χ1) is 7.67. The molecule has 2 nitrogen and oxygen atoms in total. The highest BCUT2D eigenvalue weighted by atomic mass is 16.5. The summed E-state index contributed by atoms with van der Waals surface area (Å²) < 4.78 is 5.74. The van der Waals surface area contributed by atoms with E-state index in [-0.39, 0.29) is 6.04 Å². The van der Waals surface area contributed by atoms with Crippen molar-refractivity contribution in [2.45, 2.75) is 39.7 Å². The summed E-state index contributed by atoms with van der Waals surface area (Å²) in [6.07, 6.45) is 2.35. The number of hydrogen-bond acceptors (Lipinski definition) is 2. The molecule has 90 valence electrons.